The van der Waals surface area contributed by atoms with E-state index in [0.29, 0.717) is 58.2 Å². The Morgan fingerprint density at radius 2 is 1.05 bits per heavy atom. The van der Waals surface area contributed by atoms with Gasteiger partial charge in [-0.2, -0.15) is 0 Å². The van der Waals surface area contributed by atoms with Gasteiger partial charge in [-0.25, -0.2) is 0 Å². The van der Waals surface area contributed by atoms with Crippen molar-refractivity contribution in [1.29, 1.82) is 0 Å². The first-order chi connectivity index (χ1) is 20.9. The fraction of sp³-hybridized carbons (Fsp3) is 0.486. The van der Waals surface area contributed by atoms with Gasteiger partial charge in [0.2, 0.25) is 0 Å². The average molecular weight is 593 g/mol. The molecule has 4 rings (SSSR count). The molecule has 2 aliphatic carbocycles. The minimum absolute atomic E-state index is 0.122. The van der Waals surface area contributed by atoms with Gasteiger partial charge in [-0.3, -0.25) is 9.59 Å². The number of hydrogen-bond acceptors (Lipinski definition) is 8. The van der Waals surface area contributed by atoms with Gasteiger partial charge >= 0.3 is 11.9 Å². The lowest BCUT2D eigenvalue weighted by molar-refractivity contribution is -0.151. The molecule has 43 heavy (non-hydrogen) atoms. The van der Waals surface area contributed by atoms with E-state index in [2.05, 4.69) is 12.2 Å². The Bertz CT molecular complexity index is 1100. The van der Waals surface area contributed by atoms with E-state index in [9.17, 15) is 9.59 Å². The Morgan fingerprint density at radius 1 is 0.628 bits per heavy atom. The molecule has 8 nitrogen and oxygen atoms in total. The third-order valence-electron chi connectivity index (χ3n) is 7.49. The molecule has 0 heterocycles. The molecule has 0 bridgehead atoms. The van der Waals surface area contributed by atoms with E-state index in [4.69, 9.17) is 28.4 Å². The van der Waals surface area contributed by atoms with Gasteiger partial charge in [-0.05, 0) is 30.4 Å². The summed E-state index contributed by atoms with van der Waals surface area (Å²) in [5, 5.41) is 0. The number of hydrogen-bond donors (Lipinski definition) is 0. The first-order valence-corrected chi connectivity index (χ1v) is 15.1. The van der Waals surface area contributed by atoms with Gasteiger partial charge in [0.05, 0.1) is 25.4 Å². The molecule has 0 N–H and O–H groups in total. The molecule has 0 radical (unpaired) electrons. The first-order valence-electron chi connectivity index (χ1n) is 15.1. The molecule has 0 fully saturated rings. The molecule has 0 spiro atoms. The van der Waals surface area contributed by atoms with Gasteiger partial charge in [0.25, 0.3) is 0 Å². The minimum atomic E-state index is -0.302. The molecule has 4 atom stereocenters. The molecule has 2 aromatic rings. The Labute approximate surface area is 254 Å². The molecule has 0 aromatic heterocycles. The number of rotatable bonds is 14. The van der Waals surface area contributed by atoms with Crippen LogP contribution in [0.3, 0.4) is 0 Å². The Morgan fingerprint density at radius 3 is 1.44 bits per heavy atom. The molecule has 2 aromatic carbocycles. The van der Waals surface area contributed by atoms with E-state index in [1.54, 1.807) is 0 Å². The summed E-state index contributed by atoms with van der Waals surface area (Å²) in [6.45, 7) is 4.16. The number of ether oxygens (including phenoxy) is 6. The maximum atomic E-state index is 11.9. The van der Waals surface area contributed by atoms with Crippen LogP contribution in [0.4, 0.5) is 0 Å². The highest BCUT2D eigenvalue weighted by atomic mass is 16.7. The van der Waals surface area contributed by atoms with E-state index < -0.39 is 0 Å². The van der Waals surface area contributed by atoms with Crippen LogP contribution >= 0.6 is 0 Å². The van der Waals surface area contributed by atoms with E-state index in [0.717, 1.165) is 11.1 Å². The molecule has 0 unspecified atom stereocenters. The van der Waals surface area contributed by atoms with Crippen LogP contribution in [0.15, 0.2) is 84.0 Å². The van der Waals surface area contributed by atoms with E-state index in [-0.39, 0.29) is 49.9 Å². The maximum Gasteiger partial charge on any atom is 0.302 e. The summed E-state index contributed by atoms with van der Waals surface area (Å²) in [6, 6.07) is 19.9. The van der Waals surface area contributed by atoms with Crippen LogP contribution in [-0.2, 0) is 51.2 Å². The molecule has 8 heteroatoms. The summed E-state index contributed by atoms with van der Waals surface area (Å²) in [4.78, 5) is 23.7. The lowest BCUT2D eigenvalue weighted by Crippen LogP contribution is -2.24. The van der Waals surface area contributed by atoms with Crippen molar-refractivity contribution in [3.05, 3.63) is 95.1 Å². The van der Waals surface area contributed by atoms with Crippen LogP contribution in [0.25, 0.3) is 0 Å². The molecular formula is C35H44O8. The topological polar surface area (TPSA) is 89.5 Å². The Balaban J connectivity index is 1.32. The summed E-state index contributed by atoms with van der Waals surface area (Å²) in [5.74, 6) is -0.605. The number of esters is 2. The predicted octanol–water partition coefficient (Wildman–Crippen LogP) is 6.58. The number of carbonyl (C=O) groups excluding carboxylic acids is 2. The van der Waals surface area contributed by atoms with E-state index in [1.807, 2.05) is 60.7 Å². The number of benzene rings is 2. The molecular weight excluding hydrogens is 548 g/mol. The number of carbonyl (C=O) groups is 2. The highest BCUT2D eigenvalue weighted by molar-refractivity contribution is 5.66. The van der Waals surface area contributed by atoms with Crippen LogP contribution in [-0.4, -0.2) is 49.9 Å². The monoisotopic (exact) mass is 592 g/mol. The van der Waals surface area contributed by atoms with E-state index >= 15 is 0 Å². The van der Waals surface area contributed by atoms with Crippen LogP contribution in [0.1, 0.15) is 69.9 Å². The predicted molar refractivity (Wildman–Crippen MR) is 162 cm³/mol. The third kappa shape index (κ3) is 12.5. The summed E-state index contributed by atoms with van der Waals surface area (Å²) in [5.41, 5.74) is 4.54. The van der Waals surface area contributed by atoms with Gasteiger partial charge in [0.1, 0.15) is 25.8 Å². The second kappa shape index (κ2) is 17.7. The molecule has 2 aliphatic rings. The smallest absolute Gasteiger partial charge is 0.302 e. The van der Waals surface area contributed by atoms with Crippen molar-refractivity contribution in [2.24, 2.45) is 0 Å². The van der Waals surface area contributed by atoms with Gasteiger partial charge < -0.3 is 28.4 Å². The van der Waals surface area contributed by atoms with Crippen molar-refractivity contribution in [3.63, 3.8) is 0 Å². The second-order valence-corrected chi connectivity index (χ2v) is 11.2. The third-order valence-corrected chi connectivity index (χ3v) is 7.49. The van der Waals surface area contributed by atoms with Gasteiger partial charge in [0, 0.05) is 39.5 Å². The Kier molecular flexibility index (Phi) is 13.4. The molecule has 232 valence electrons. The zero-order valence-corrected chi connectivity index (χ0v) is 25.3. The first kappa shape index (κ1) is 32.6. The van der Waals surface area contributed by atoms with Crippen LogP contribution in [0.5, 0.6) is 0 Å². The summed E-state index contributed by atoms with van der Waals surface area (Å²) in [6.07, 6.45) is 8.17. The quantitative estimate of drug-likeness (QED) is 0.105. The fourth-order valence-corrected chi connectivity index (χ4v) is 5.55. The largest absolute Gasteiger partial charge is 0.462 e. The van der Waals surface area contributed by atoms with Crippen molar-refractivity contribution >= 4 is 11.9 Å². The summed E-state index contributed by atoms with van der Waals surface area (Å²) >= 11 is 0. The average Bonchev–Trinajstić information content (AvgIpc) is 3.29. The maximum absolute atomic E-state index is 11.9. The van der Waals surface area contributed by atoms with Crippen LogP contribution in [0.2, 0.25) is 0 Å². The highest BCUT2D eigenvalue weighted by Crippen LogP contribution is 2.32. The van der Waals surface area contributed by atoms with Gasteiger partial charge in [-0.1, -0.05) is 84.0 Å². The van der Waals surface area contributed by atoms with Crippen molar-refractivity contribution in [1.82, 2.24) is 0 Å². The van der Waals surface area contributed by atoms with Crippen LogP contribution < -0.4 is 0 Å². The molecule has 0 aliphatic heterocycles. The lowest BCUT2D eigenvalue weighted by Gasteiger charge is -2.22. The summed E-state index contributed by atoms with van der Waals surface area (Å²) < 4.78 is 34.9. The standard InChI is InChI=1S/C35H44O8/c1-26(36)42-34-18-30(13-15-32(20-34)40-24-38-22-28-9-5-3-6-10-28)17-31-14-16-33(21-35(19-31)43-27(2)37)41-25-39-23-29-11-7-4-8-12-29/h3-14,32-35H,15-25H2,1-2H3/t32-,33-,34-,35-/m1/s1. The van der Waals surface area contributed by atoms with Gasteiger partial charge in [0.15, 0.2) is 0 Å². The van der Waals surface area contributed by atoms with Crippen molar-refractivity contribution in [3.8, 4) is 0 Å². The van der Waals surface area contributed by atoms with Crippen molar-refractivity contribution in [2.45, 2.75) is 96.4 Å². The van der Waals surface area contributed by atoms with Crippen molar-refractivity contribution < 1.29 is 38.0 Å². The normalized spacial score (nSPS) is 22.5. The SMILES string of the molecule is CC(=O)O[C@@H]1CC(CC2=CC[C@@H](OCOCc3ccccc3)C[C@H](OC(C)=O)C2)=CC[C@@H](OCOCc2ccccc2)C1. The Hall–Kier alpha value is -3.30. The molecule has 0 saturated heterocycles. The zero-order chi connectivity index (χ0) is 30.3. The van der Waals surface area contributed by atoms with Gasteiger partial charge in [-0.15, -0.1) is 0 Å². The van der Waals surface area contributed by atoms with E-state index in [1.165, 1.54) is 25.0 Å². The molecule has 0 amide bonds. The lowest BCUT2D eigenvalue weighted by atomic mass is 9.96. The second-order valence-electron chi connectivity index (χ2n) is 11.2. The van der Waals surface area contributed by atoms with Crippen LogP contribution in [0, 0.1) is 0 Å². The summed E-state index contributed by atoms with van der Waals surface area (Å²) in [7, 11) is 0. The fourth-order valence-electron chi connectivity index (χ4n) is 5.55. The molecule has 0 saturated carbocycles. The highest BCUT2D eigenvalue weighted by Gasteiger charge is 2.27. The van der Waals surface area contributed by atoms with Crippen molar-refractivity contribution in [2.75, 3.05) is 13.6 Å². The zero-order valence-electron chi connectivity index (χ0n) is 25.3. The minimum Gasteiger partial charge on any atom is -0.462 e.